The molecule has 4 heterocycles. The van der Waals surface area contributed by atoms with E-state index in [0.29, 0.717) is 9.13 Å². The van der Waals surface area contributed by atoms with Crippen molar-refractivity contribution in [3.63, 3.8) is 0 Å². The van der Waals surface area contributed by atoms with E-state index in [9.17, 15) is 28.0 Å². The van der Waals surface area contributed by atoms with E-state index in [1.165, 1.54) is 14.1 Å². The summed E-state index contributed by atoms with van der Waals surface area (Å²) in [4.78, 5) is 57.4. The number of alkyl halides is 2. The van der Waals surface area contributed by atoms with Crippen molar-refractivity contribution in [3.05, 3.63) is 54.3 Å². The molecule has 0 aliphatic rings. The molecule has 0 aromatic carbocycles. The lowest BCUT2D eigenvalue weighted by Crippen LogP contribution is -2.39. The topological polar surface area (TPSA) is 124 Å². The van der Waals surface area contributed by atoms with Gasteiger partial charge in [0.1, 0.15) is 2.74 Å². The second-order valence-electron chi connectivity index (χ2n) is 8.88. The monoisotopic (exact) mass is 576 g/mol. The van der Waals surface area contributed by atoms with Gasteiger partial charge in [0, 0.05) is 54.8 Å². The largest absolute Gasteiger partial charge is 0.332 e. The molecule has 4 rings (SSSR count). The fourth-order valence-corrected chi connectivity index (χ4v) is 3.89. The SMILES string of the molecule is [2H]c1nc2c(c(=O)n(CCCC([2H])([2H])[C@@H](C)F)c(=O)n2C)n1C([2H])([2H])[2H].[2H]c1nc2c(c(=O)n(CCCC([2H])([2H])[C@H](C)F)c(=O)n2C)n1C([2H])([2H])[2H]. The Morgan fingerprint density at radius 3 is 1.48 bits per heavy atom. The molecule has 0 bridgehead atoms. The van der Waals surface area contributed by atoms with Gasteiger partial charge in [0.2, 0.25) is 0 Å². The Balaban J connectivity index is 0.000000280. The molecule has 0 unspecified atom stereocenters. The van der Waals surface area contributed by atoms with Gasteiger partial charge in [0.15, 0.2) is 22.3 Å². The number of imidazole rings is 2. The van der Waals surface area contributed by atoms with Crippen LogP contribution in [-0.2, 0) is 41.1 Å². The molecule has 40 heavy (non-hydrogen) atoms. The van der Waals surface area contributed by atoms with E-state index in [1.807, 2.05) is 0 Å². The van der Waals surface area contributed by atoms with Crippen LogP contribution in [-0.4, -0.2) is 49.7 Å². The van der Waals surface area contributed by atoms with E-state index in [2.05, 4.69) is 9.97 Å². The summed E-state index contributed by atoms with van der Waals surface area (Å²) < 4.78 is 121. The molecule has 0 aliphatic heterocycles. The lowest BCUT2D eigenvalue weighted by atomic mass is 10.2. The molecular formula is C26H38F2N8O4. The Morgan fingerprint density at radius 2 is 1.15 bits per heavy atom. The zero-order chi connectivity index (χ0) is 40.0. The third-order valence-corrected chi connectivity index (χ3v) is 5.92. The minimum absolute atomic E-state index is 0.00243. The predicted molar refractivity (Wildman–Crippen MR) is 149 cm³/mol. The van der Waals surface area contributed by atoms with E-state index < -0.39 is 85.2 Å². The molecule has 0 saturated heterocycles. The Kier molecular flexibility index (Phi) is 5.78. The summed E-state index contributed by atoms with van der Waals surface area (Å²) in [6, 6.07) is 0. The molecular weight excluding hydrogens is 526 g/mol. The van der Waals surface area contributed by atoms with Crippen LogP contribution in [0.15, 0.2) is 31.8 Å². The molecule has 0 spiro atoms. The highest BCUT2D eigenvalue weighted by atomic mass is 19.1. The van der Waals surface area contributed by atoms with Gasteiger partial charge in [-0.3, -0.25) is 27.9 Å². The summed E-state index contributed by atoms with van der Waals surface area (Å²) in [5.74, 6) is 0. The molecule has 4 aromatic heterocycles. The predicted octanol–water partition coefficient (Wildman–Crippen LogP) is 1.92. The van der Waals surface area contributed by atoms with Crippen LogP contribution >= 0.6 is 0 Å². The first kappa shape index (κ1) is 17.8. The lowest BCUT2D eigenvalue weighted by Gasteiger charge is -2.08. The molecule has 0 saturated carbocycles. The molecule has 12 nitrogen and oxygen atoms in total. The minimum atomic E-state index is -2.83. The van der Waals surface area contributed by atoms with Crippen molar-refractivity contribution in [3.8, 4) is 0 Å². The number of hydrogen-bond donors (Lipinski definition) is 0. The fourth-order valence-electron chi connectivity index (χ4n) is 3.89. The maximum atomic E-state index is 13.2. The van der Waals surface area contributed by atoms with Gasteiger partial charge in [-0.2, -0.15) is 0 Å². The Bertz CT molecular complexity index is 2040. The van der Waals surface area contributed by atoms with Gasteiger partial charge in [-0.15, -0.1) is 0 Å². The molecule has 0 radical (unpaired) electrons. The maximum absolute atomic E-state index is 13.2. The second-order valence-corrected chi connectivity index (χ2v) is 8.88. The molecule has 4 aromatic rings. The summed E-state index contributed by atoms with van der Waals surface area (Å²) in [6.07, 6.45) is -9.43. The van der Waals surface area contributed by atoms with Crippen LogP contribution in [0.25, 0.3) is 22.3 Å². The van der Waals surface area contributed by atoms with Crippen LogP contribution in [0, 0.1) is 0 Å². The van der Waals surface area contributed by atoms with Crippen LogP contribution in [0.2, 0.25) is 0 Å². The lowest BCUT2D eigenvalue weighted by molar-refractivity contribution is 0.327. The van der Waals surface area contributed by atoms with Crippen molar-refractivity contribution in [1.82, 2.24) is 37.4 Å². The average molecular weight is 577 g/mol. The van der Waals surface area contributed by atoms with Crippen molar-refractivity contribution < 1.29 is 25.2 Å². The van der Waals surface area contributed by atoms with E-state index in [0.717, 1.165) is 32.1 Å². The van der Waals surface area contributed by atoms with Crippen molar-refractivity contribution in [2.24, 2.45) is 28.0 Å². The zero-order valence-corrected chi connectivity index (χ0v) is 22.4. The van der Waals surface area contributed by atoms with Gasteiger partial charge in [-0.05, 0) is 52.3 Å². The van der Waals surface area contributed by atoms with E-state index in [1.54, 1.807) is 0 Å². The highest BCUT2D eigenvalue weighted by Crippen LogP contribution is 2.07. The second kappa shape index (κ2) is 13.0. The summed E-state index contributed by atoms with van der Waals surface area (Å²) in [7, 11) is 2.58. The molecule has 0 fully saturated rings. The highest BCUT2D eigenvalue weighted by Gasteiger charge is 2.15. The van der Waals surface area contributed by atoms with Crippen LogP contribution in [0.1, 0.15) is 68.7 Å². The van der Waals surface area contributed by atoms with Crippen molar-refractivity contribution >= 4 is 22.3 Å². The Labute approximate surface area is 246 Å². The third kappa shape index (κ3) is 6.48. The smallest absolute Gasteiger partial charge is 0.328 e. The Hall–Kier alpha value is -3.84. The quantitative estimate of drug-likeness (QED) is 0.284. The number of rotatable bonds is 10. The number of aryl methyl sites for hydroxylation is 4. The molecule has 2 atom stereocenters. The van der Waals surface area contributed by atoms with Gasteiger partial charge in [0.25, 0.3) is 11.1 Å². The Morgan fingerprint density at radius 1 is 0.775 bits per heavy atom. The number of aromatic nitrogens is 8. The van der Waals surface area contributed by atoms with Crippen LogP contribution < -0.4 is 22.5 Å². The van der Waals surface area contributed by atoms with Crippen LogP contribution in [0.3, 0.4) is 0 Å². The van der Waals surface area contributed by atoms with Crippen LogP contribution in [0.5, 0.6) is 0 Å². The van der Waals surface area contributed by atoms with Crippen LogP contribution in [0.4, 0.5) is 8.78 Å². The number of halogens is 2. The van der Waals surface area contributed by atoms with E-state index in [4.69, 9.17) is 16.4 Å². The standard InChI is InChI=1S/2C13H19FN4O2/c2*1-9(14)6-4-5-7-18-12(19)10-11(15-8-16(10)2)17(3)13(18)20/h2*8-9H,4-7H2,1-3H3/t2*9-/m10/s1/i2*2D3,6D2,8D. The van der Waals surface area contributed by atoms with Gasteiger partial charge >= 0.3 is 11.4 Å². The minimum Gasteiger partial charge on any atom is -0.328 e. The third-order valence-electron chi connectivity index (χ3n) is 5.92. The first-order valence-corrected chi connectivity index (χ1v) is 12.2. The first-order valence-electron chi connectivity index (χ1n) is 18.2. The van der Waals surface area contributed by atoms with Crippen molar-refractivity contribution in [2.45, 2.75) is 77.7 Å². The molecule has 0 N–H and O–H groups in total. The number of nitrogens with zero attached hydrogens (tertiary/aromatic N) is 8. The van der Waals surface area contributed by atoms with Gasteiger partial charge in [0.05, 0.1) is 25.0 Å². The molecule has 14 heteroatoms. The molecule has 0 amide bonds. The summed E-state index contributed by atoms with van der Waals surface area (Å²) >= 11 is 0. The average Bonchev–Trinajstić information content (AvgIpc) is 3.56. The van der Waals surface area contributed by atoms with Gasteiger partial charge in [-0.25, -0.2) is 28.3 Å². The normalized spacial score (nSPS) is 18.8. The summed E-state index contributed by atoms with van der Waals surface area (Å²) in [6.45, 7) is -3.92. The van der Waals surface area contributed by atoms with Gasteiger partial charge in [-0.1, -0.05) is 0 Å². The fraction of sp³-hybridized carbons (Fsp3) is 0.615. The van der Waals surface area contributed by atoms with E-state index in [-0.39, 0.29) is 50.1 Å². The number of fused-ring (bicyclic) bond motifs is 2. The maximum Gasteiger partial charge on any atom is 0.332 e. The summed E-state index contributed by atoms with van der Waals surface area (Å²) in [5, 5.41) is 0. The molecule has 0 aliphatic carbocycles. The zero-order valence-electron chi connectivity index (χ0n) is 34.4. The summed E-state index contributed by atoms with van der Waals surface area (Å²) in [5.41, 5.74) is -4.65. The molecule has 220 valence electrons. The first-order chi connectivity index (χ1) is 23.6. The van der Waals surface area contributed by atoms with E-state index >= 15 is 0 Å². The van der Waals surface area contributed by atoms with Gasteiger partial charge < -0.3 is 9.13 Å². The van der Waals surface area contributed by atoms with Crippen molar-refractivity contribution in [2.75, 3.05) is 0 Å². The highest BCUT2D eigenvalue weighted by molar-refractivity contribution is 5.70. The number of hydrogen-bond acceptors (Lipinski definition) is 6. The van der Waals surface area contributed by atoms with Crippen molar-refractivity contribution in [1.29, 1.82) is 0 Å².